The lowest BCUT2D eigenvalue weighted by Gasteiger charge is -2.15. The lowest BCUT2D eigenvalue weighted by molar-refractivity contribution is 0.296. The molecule has 2 aromatic rings. The Balaban J connectivity index is 1.40. The summed E-state index contributed by atoms with van der Waals surface area (Å²) in [6.45, 7) is 7.58. The molecule has 1 fully saturated rings. The van der Waals surface area contributed by atoms with E-state index in [1.807, 2.05) is 26.4 Å². The van der Waals surface area contributed by atoms with E-state index in [1.165, 1.54) is 24.0 Å². The van der Waals surface area contributed by atoms with E-state index in [9.17, 15) is 0 Å². The summed E-state index contributed by atoms with van der Waals surface area (Å²) in [5, 5.41) is 6.80. The molecule has 0 radical (unpaired) electrons. The molecule has 1 saturated carbocycles. The number of nitrogens with zero attached hydrogens (tertiary/aromatic N) is 3. The second-order valence-electron chi connectivity index (χ2n) is 7.59. The first-order chi connectivity index (χ1) is 13.7. The maximum absolute atomic E-state index is 6.06. The molecule has 0 saturated heterocycles. The van der Waals surface area contributed by atoms with Crippen molar-refractivity contribution in [3.8, 4) is 5.75 Å². The summed E-state index contributed by atoms with van der Waals surface area (Å²) in [6, 6.07) is 6.41. The normalized spacial score (nSPS) is 14.2. The Labute approximate surface area is 168 Å². The highest BCUT2D eigenvalue weighted by molar-refractivity contribution is 5.79. The Bertz CT molecular complexity index is 779. The van der Waals surface area contributed by atoms with Crippen molar-refractivity contribution in [1.82, 2.24) is 20.2 Å². The third-order valence-electron chi connectivity index (χ3n) is 5.11. The molecule has 1 aromatic carbocycles. The molecule has 0 amide bonds. The molecule has 0 spiro atoms. The van der Waals surface area contributed by atoms with Crippen molar-refractivity contribution >= 4 is 5.96 Å². The van der Waals surface area contributed by atoms with Gasteiger partial charge in [-0.15, -0.1) is 0 Å². The molecule has 152 valence electrons. The van der Waals surface area contributed by atoms with Gasteiger partial charge in [0.05, 0.1) is 6.61 Å². The number of hydrogen-bond donors (Lipinski definition) is 2. The Morgan fingerprint density at radius 2 is 2.11 bits per heavy atom. The van der Waals surface area contributed by atoms with Gasteiger partial charge in [0.2, 0.25) is 0 Å². The fourth-order valence-corrected chi connectivity index (χ4v) is 3.09. The fourth-order valence-electron chi connectivity index (χ4n) is 3.09. The monoisotopic (exact) mass is 383 g/mol. The van der Waals surface area contributed by atoms with E-state index in [-0.39, 0.29) is 0 Å². The minimum atomic E-state index is 0.703. The molecular weight excluding hydrogens is 350 g/mol. The van der Waals surface area contributed by atoms with Gasteiger partial charge in [-0.2, -0.15) is 0 Å². The molecule has 0 atom stereocenters. The second-order valence-corrected chi connectivity index (χ2v) is 7.59. The molecule has 28 heavy (non-hydrogen) atoms. The van der Waals surface area contributed by atoms with Crippen LogP contribution in [0.15, 0.2) is 35.6 Å². The minimum absolute atomic E-state index is 0.703. The first-order valence-electron chi connectivity index (χ1n) is 10.3. The molecular formula is C22H33N5O. The van der Waals surface area contributed by atoms with Gasteiger partial charge in [-0.3, -0.25) is 4.99 Å². The number of hydrogen-bond acceptors (Lipinski definition) is 3. The van der Waals surface area contributed by atoms with Crippen LogP contribution < -0.4 is 15.4 Å². The number of imidazole rings is 1. The molecule has 2 N–H and O–H groups in total. The Hall–Kier alpha value is -2.50. The summed E-state index contributed by atoms with van der Waals surface area (Å²) in [5.74, 6) is 3.64. The van der Waals surface area contributed by atoms with Crippen LogP contribution in [0.4, 0.5) is 0 Å². The number of benzene rings is 1. The number of aryl methyl sites for hydroxylation is 3. The van der Waals surface area contributed by atoms with Gasteiger partial charge in [0.25, 0.3) is 0 Å². The fraction of sp³-hybridized carbons (Fsp3) is 0.545. The topological polar surface area (TPSA) is 63.5 Å². The molecule has 0 aliphatic heterocycles. The highest BCUT2D eigenvalue weighted by atomic mass is 16.5. The van der Waals surface area contributed by atoms with Gasteiger partial charge in [-0.25, -0.2) is 4.98 Å². The zero-order valence-corrected chi connectivity index (χ0v) is 17.4. The van der Waals surface area contributed by atoms with Crippen molar-refractivity contribution in [2.45, 2.75) is 52.6 Å². The summed E-state index contributed by atoms with van der Waals surface area (Å²) in [7, 11) is 1.81. The number of nitrogens with one attached hydrogen (secondary N) is 2. The van der Waals surface area contributed by atoms with Crippen LogP contribution in [0.3, 0.4) is 0 Å². The van der Waals surface area contributed by atoms with E-state index >= 15 is 0 Å². The molecule has 1 aliphatic carbocycles. The highest BCUT2D eigenvalue weighted by Crippen LogP contribution is 2.30. The first kappa shape index (κ1) is 20.2. The Morgan fingerprint density at radius 1 is 1.25 bits per heavy atom. The number of rotatable bonds is 10. The molecule has 1 aromatic heterocycles. The van der Waals surface area contributed by atoms with Gasteiger partial charge in [-0.1, -0.05) is 12.1 Å². The summed E-state index contributed by atoms with van der Waals surface area (Å²) in [6.07, 6.45) is 8.68. The zero-order chi connectivity index (χ0) is 19.8. The van der Waals surface area contributed by atoms with Crippen molar-refractivity contribution < 1.29 is 4.74 Å². The van der Waals surface area contributed by atoms with Crippen molar-refractivity contribution in [1.29, 1.82) is 0 Å². The number of guanidine groups is 1. The van der Waals surface area contributed by atoms with E-state index in [0.29, 0.717) is 6.54 Å². The SMILES string of the molecule is CN=C(NCCCCn1ccnc1C)NCc1ccc(C)cc1OCC1CC1. The summed E-state index contributed by atoms with van der Waals surface area (Å²) in [5.41, 5.74) is 2.40. The summed E-state index contributed by atoms with van der Waals surface area (Å²) >= 11 is 0. The summed E-state index contributed by atoms with van der Waals surface area (Å²) in [4.78, 5) is 8.59. The van der Waals surface area contributed by atoms with Crippen LogP contribution in [-0.2, 0) is 13.1 Å². The lowest BCUT2D eigenvalue weighted by atomic mass is 10.1. The van der Waals surface area contributed by atoms with Crippen LogP contribution in [-0.4, -0.2) is 35.7 Å². The quantitative estimate of drug-likeness (QED) is 0.375. The molecule has 3 rings (SSSR count). The third kappa shape index (κ3) is 6.29. The van der Waals surface area contributed by atoms with E-state index < -0.39 is 0 Å². The minimum Gasteiger partial charge on any atom is -0.493 e. The molecule has 6 nitrogen and oxygen atoms in total. The molecule has 0 bridgehead atoms. The first-order valence-corrected chi connectivity index (χ1v) is 10.3. The third-order valence-corrected chi connectivity index (χ3v) is 5.11. The van der Waals surface area contributed by atoms with Gasteiger partial charge < -0.3 is 19.9 Å². The van der Waals surface area contributed by atoms with Crippen molar-refractivity contribution in [3.05, 3.63) is 47.5 Å². The lowest BCUT2D eigenvalue weighted by Crippen LogP contribution is -2.37. The average Bonchev–Trinajstić information content (AvgIpc) is 3.44. The molecule has 1 heterocycles. The van der Waals surface area contributed by atoms with Gasteiger partial charge in [0.1, 0.15) is 11.6 Å². The summed E-state index contributed by atoms with van der Waals surface area (Å²) < 4.78 is 8.25. The predicted molar refractivity (Wildman–Crippen MR) is 114 cm³/mol. The standard InChI is InChI=1S/C22H33N5O/c1-17-6-9-20(21(14-17)28-16-19-7-8-19)15-26-22(23-3)25-10-4-5-12-27-13-11-24-18(27)2/h6,9,11,13-14,19H,4-5,7-8,10,12,15-16H2,1-3H3,(H2,23,25,26). The highest BCUT2D eigenvalue weighted by Gasteiger charge is 2.22. The van der Waals surface area contributed by atoms with Crippen LogP contribution in [0.5, 0.6) is 5.75 Å². The van der Waals surface area contributed by atoms with Crippen LogP contribution in [0, 0.1) is 19.8 Å². The van der Waals surface area contributed by atoms with Crippen molar-refractivity contribution in [2.24, 2.45) is 10.9 Å². The van der Waals surface area contributed by atoms with Gasteiger partial charge in [0, 0.05) is 44.6 Å². The largest absolute Gasteiger partial charge is 0.493 e. The van der Waals surface area contributed by atoms with E-state index in [0.717, 1.165) is 56.0 Å². The van der Waals surface area contributed by atoms with Crippen LogP contribution in [0.1, 0.15) is 42.6 Å². The van der Waals surface area contributed by atoms with Gasteiger partial charge in [0.15, 0.2) is 5.96 Å². The maximum atomic E-state index is 6.06. The Kier molecular flexibility index (Phi) is 7.34. The predicted octanol–water partition coefficient (Wildman–Crippen LogP) is 3.43. The Morgan fingerprint density at radius 3 is 2.82 bits per heavy atom. The van der Waals surface area contributed by atoms with E-state index in [1.54, 1.807) is 0 Å². The van der Waals surface area contributed by atoms with Crippen molar-refractivity contribution in [2.75, 3.05) is 20.2 Å². The smallest absolute Gasteiger partial charge is 0.191 e. The number of aliphatic imine (C=N–C) groups is 1. The molecule has 6 heteroatoms. The molecule has 1 aliphatic rings. The van der Waals surface area contributed by atoms with Gasteiger partial charge >= 0.3 is 0 Å². The number of unbranched alkanes of at least 4 members (excludes halogenated alkanes) is 1. The number of aromatic nitrogens is 2. The second kappa shape index (κ2) is 10.2. The van der Waals surface area contributed by atoms with Crippen LogP contribution in [0.2, 0.25) is 0 Å². The zero-order valence-electron chi connectivity index (χ0n) is 17.4. The molecule has 0 unspecified atom stereocenters. The van der Waals surface area contributed by atoms with Crippen LogP contribution in [0.25, 0.3) is 0 Å². The maximum Gasteiger partial charge on any atom is 0.191 e. The average molecular weight is 384 g/mol. The van der Waals surface area contributed by atoms with Gasteiger partial charge in [-0.05, 0) is 57.1 Å². The van der Waals surface area contributed by atoms with E-state index in [2.05, 4.69) is 50.3 Å². The number of ether oxygens (including phenoxy) is 1. The van der Waals surface area contributed by atoms with Crippen molar-refractivity contribution in [3.63, 3.8) is 0 Å². The van der Waals surface area contributed by atoms with Crippen LogP contribution >= 0.6 is 0 Å². The van der Waals surface area contributed by atoms with E-state index in [4.69, 9.17) is 4.74 Å².